The molecule has 0 aliphatic carbocycles. The first-order valence-corrected chi connectivity index (χ1v) is 12.4. The number of rotatable bonds is 6. The molecule has 0 saturated carbocycles. The summed E-state index contributed by atoms with van der Waals surface area (Å²) in [6.45, 7) is 3.11. The highest BCUT2D eigenvalue weighted by atomic mass is 35.5. The Bertz CT molecular complexity index is 1080. The van der Waals surface area contributed by atoms with Gasteiger partial charge < -0.3 is 29.7 Å². The van der Waals surface area contributed by atoms with Crippen molar-refractivity contribution in [1.29, 1.82) is 0 Å². The molecule has 3 N–H and O–H groups in total. The molecule has 0 amide bonds. The van der Waals surface area contributed by atoms with E-state index in [-0.39, 0.29) is 0 Å². The van der Waals surface area contributed by atoms with E-state index in [4.69, 9.17) is 26.1 Å². The molecule has 3 heterocycles. The third-order valence-corrected chi connectivity index (χ3v) is 7.35. The number of aliphatic hydroxyl groups is 3. The first kappa shape index (κ1) is 23.6. The van der Waals surface area contributed by atoms with Gasteiger partial charge in [-0.05, 0) is 48.6 Å². The number of aliphatic hydroxyl groups excluding tert-OH is 3. The summed E-state index contributed by atoms with van der Waals surface area (Å²) in [5, 5.41) is 31.8. The van der Waals surface area contributed by atoms with Crippen LogP contribution in [0.4, 0.5) is 5.69 Å². The Morgan fingerprint density at radius 1 is 1.18 bits per heavy atom. The van der Waals surface area contributed by atoms with Gasteiger partial charge >= 0.3 is 0 Å². The van der Waals surface area contributed by atoms with E-state index in [0.29, 0.717) is 29.4 Å². The fourth-order valence-electron chi connectivity index (χ4n) is 5.27. The lowest BCUT2D eigenvalue weighted by molar-refractivity contribution is -0.262. The molecule has 1 fully saturated rings. The number of halogens is 1. The van der Waals surface area contributed by atoms with Crippen LogP contribution in [0, 0.1) is 0 Å². The van der Waals surface area contributed by atoms with Crippen LogP contribution < -0.4 is 4.90 Å². The Hall–Kier alpha value is -2.16. The lowest BCUT2D eigenvalue weighted by Gasteiger charge is -2.44. The molecule has 34 heavy (non-hydrogen) atoms. The van der Waals surface area contributed by atoms with Crippen LogP contribution in [-0.2, 0) is 28.2 Å². The third kappa shape index (κ3) is 3.99. The molecular weight excluding hydrogens is 456 g/mol. The highest BCUT2D eigenvalue weighted by Gasteiger charge is 2.60. The second kappa shape index (κ2) is 9.47. The number of aryl methyl sites for hydroxylation is 1. The van der Waals surface area contributed by atoms with Crippen molar-refractivity contribution in [2.75, 3.05) is 18.1 Å². The van der Waals surface area contributed by atoms with E-state index in [1.165, 1.54) is 11.3 Å². The largest absolute Gasteiger partial charge is 0.469 e. The second-order valence-corrected chi connectivity index (χ2v) is 9.68. The van der Waals surface area contributed by atoms with Crippen molar-refractivity contribution < 1.29 is 24.8 Å². The molecule has 5 atom stereocenters. The van der Waals surface area contributed by atoms with Crippen molar-refractivity contribution in [2.45, 2.75) is 69.3 Å². The Balaban J connectivity index is 1.53. The van der Waals surface area contributed by atoms with Crippen molar-refractivity contribution in [3.63, 3.8) is 0 Å². The van der Waals surface area contributed by atoms with E-state index >= 15 is 0 Å². The van der Waals surface area contributed by atoms with Gasteiger partial charge in [-0.15, -0.1) is 0 Å². The van der Waals surface area contributed by atoms with Gasteiger partial charge in [-0.2, -0.15) is 0 Å². The van der Waals surface area contributed by atoms with E-state index in [0.717, 1.165) is 31.4 Å². The topological polar surface area (TPSA) is 94.8 Å². The molecule has 0 bridgehead atoms. The molecule has 2 aromatic rings. The summed E-state index contributed by atoms with van der Waals surface area (Å²) in [5.41, 5.74) is 2.77. The summed E-state index contributed by atoms with van der Waals surface area (Å²) < 4.78 is 12.2. The Kier molecular flexibility index (Phi) is 6.57. The van der Waals surface area contributed by atoms with Gasteiger partial charge in [0.2, 0.25) is 5.72 Å². The number of para-hydroxylation sites is 1. The number of ether oxygens (including phenoxy) is 2. The van der Waals surface area contributed by atoms with E-state index < -0.39 is 36.7 Å². The maximum Gasteiger partial charge on any atom is 0.228 e. The minimum Gasteiger partial charge on any atom is -0.469 e. The highest BCUT2D eigenvalue weighted by molar-refractivity contribution is 6.31. The number of hydrogen-bond acceptors (Lipinski definition) is 7. The van der Waals surface area contributed by atoms with Crippen LogP contribution in [0.25, 0.3) is 0 Å². The van der Waals surface area contributed by atoms with Crippen molar-refractivity contribution >= 4 is 23.2 Å². The minimum absolute atomic E-state index is 0.448. The van der Waals surface area contributed by atoms with Gasteiger partial charge in [0.25, 0.3) is 0 Å². The predicted molar refractivity (Wildman–Crippen MR) is 130 cm³/mol. The quantitative estimate of drug-likeness (QED) is 0.580. The van der Waals surface area contributed by atoms with E-state index in [2.05, 4.69) is 29.2 Å². The predicted octanol–water partition coefficient (Wildman–Crippen LogP) is 3.16. The molecular formula is C26H31ClN2O5. The number of aliphatic imine (C=N–C) groups is 1. The van der Waals surface area contributed by atoms with Crippen LogP contribution in [0.3, 0.4) is 0 Å². The summed E-state index contributed by atoms with van der Waals surface area (Å²) >= 11 is 6.64. The molecule has 1 saturated heterocycles. The molecule has 0 aromatic heterocycles. The van der Waals surface area contributed by atoms with Gasteiger partial charge in [-0.25, -0.2) is 4.99 Å². The van der Waals surface area contributed by atoms with Crippen LogP contribution in [0.5, 0.6) is 0 Å². The van der Waals surface area contributed by atoms with Crippen molar-refractivity contribution in [1.82, 2.24) is 0 Å². The highest BCUT2D eigenvalue weighted by Crippen LogP contribution is 2.46. The van der Waals surface area contributed by atoms with E-state index in [1.807, 2.05) is 25.1 Å². The molecule has 3 aliphatic heterocycles. The Morgan fingerprint density at radius 2 is 2.00 bits per heavy atom. The van der Waals surface area contributed by atoms with Crippen molar-refractivity contribution in [3.8, 4) is 0 Å². The number of hydrogen-bond donors (Lipinski definition) is 3. The number of fused-ring (bicyclic) bond motifs is 2. The smallest absolute Gasteiger partial charge is 0.228 e. The molecule has 182 valence electrons. The van der Waals surface area contributed by atoms with E-state index in [9.17, 15) is 15.3 Å². The maximum absolute atomic E-state index is 10.9. The maximum atomic E-state index is 10.9. The van der Waals surface area contributed by atoms with Crippen LogP contribution in [0.2, 0.25) is 5.02 Å². The Morgan fingerprint density at radius 3 is 2.79 bits per heavy atom. The molecule has 8 heteroatoms. The number of anilines is 1. The number of nitrogens with zero attached hydrogens (tertiary/aromatic N) is 2. The van der Waals surface area contributed by atoms with Crippen molar-refractivity contribution in [2.24, 2.45) is 4.99 Å². The molecule has 2 unspecified atom stereocenters. The van der Waals surface area contributed by atoms with Gasteiger partial charge in [0.05, 0.1) is 6.61 Å². The molecule has 0 spiro atoms. The van der Waals surface area contributed by atoms with Crippen molar-refractivity contribution in [3.05, 3.63) is 64.2 Å². The summed E-state index contributed by atoms with van der Waals surface area (Å²) in [4.78, 5) is 7.10. The molecule has 5 rings (SSSR count). The lowest BCUT2D eigenvalue weighted by atomic mass is 9.86. The lowest BCUT2D eigenvalue weighted by Crippen LogP contribution is -2.61. The summed E-state index contributed by atoms with van der Waals surface area (Å²) in [7, 11) is 0. The molecule has 2 aromatic carbocycles. The first-order valence-electron chi connectivity index (χ1n) is 12.0. The standard InChI is InChI=1S/C26H31ClN2O5/c1-2-6-22-28-26(25(33-22)24(32)23(31)21(15-30)34-26)18-10-11-19(27)17(13-18)14-29-12-5-8-16-7-3-4-9-20(16)29/h3-4,7,9-11,13,21,23-25,30-32H,2,5-6,8,12,14-15H2,1H3/t21-,23-,24+,25?,26?/m1/s1. The van der Waals surface area contributed by atoms with Crippen LogP contribution >= 0.6 is 11.6 Å². The van der Waals surface area contributed by atoms with Gasteiger partial charge in [0.1, 0.15) is 18.3 Å². The summed E-state index contributed by atoms with van der Waals surface area (Å²) in [6.07, 6.45) is -0.932. The third-order valence-electron chi connectivity index (χ3n) is 6.98. The molecule has 7 nitrogen and oxygen atoms in total. The van der Waals surface area contributed by atoms with Crippen LogP contribution in [0.1, 0.15) is 42.9 Å². The van der Waals surface area contributed by atoms with Crippen LogP contribution in [0.15, 0.2) is 47.5 Å². The molecule has 3 aliphatic rings. The average Bonchev–Trinajstić information content (AvgIpc) is 3.22. The fourth-order valence-corrected chi connectivity index (χ4v) is 5.44. The fraction of sp³-hybridized carbons (Fsp3) is 0.500. The first-order chi connectivity index (χ1) is 16.5. The normalized spacial score (nSPS) is 30.4. The number of benzene rings is 2. The van der Waals surface area contributed by atoms with Crippen LogP contribution in [-0.4, -0.2) is 58.8 Å². The Labute approximate surface area is 204 Å². The SMILES string of the molecule is CCCC1=NC2(c3ccc(Cl)c(CN4CCCc5ccccc54)c3)O[C@H](CO)[C@@H](O)[C@H](O)C2O1. The van der Waals surface area contributed by atoms with Gasteiger partial charge in [0, 0.05) is 35.8 Å². The minimum atomic E-state index is -1.37. The summed E-state index contributed by atoms with van der Waals surface area (Å²) in [6, 6.07) is 14.0. The second-order valence-electron chi connectivity index (χ2n) is 9.27. The van der Waals surface area contributed by atoms with Gasteiger partial charge in [0.15, 0.2) is 12.0 Å². The monoisotopic (exact) mass is 486 g/mol. The summed E-state index contributed by atoms with van der Waals surface area (Å²) in [5.74, 6) is 0.471. The van der Waals surface area contributed by atoms with Gasteiger partial charge in [-0.1, -0.05) is 42.8 Å². The van der Waals surface area contributed by atoms with E-state index in [1.54, 1.807) is 0 Å². The average molecular weight is 487 g/mol. The zero-order chi connectivity index (χ0) is 23.9. The van der Waals surface area contributed by atoms with Gasteiger partial charge in [-0.3, -0.25) is 0 Å². The zero-order valence-electron chi connectivity index (χ0n) is 19.2. The zero-order valence-corrected chi connectivity index (χ0v) is 20.0. The molecule has 0 radical (unpaired) electrons.